The molecule has 144 valence electrons. The quantitative estimate of drug-likeness (QED) is 0.761. The van der Waals surface area contributed by atoms with Crippen molar-refractivity contribution in [1.82, 2.24) is 4.98 Å². The fourth-order valence-electron chi connectivity index (χ4n) is 2.47. The van der Waals surface area contributed by atoms with E-state index in [2.05, 4.69) is 4.98 Å². The minimum atomic E-state index is -1.06. The van der Waals surface area contributed by atoms with Crippen LogP contribution in [0.1, 0.15) is 26.5 Å². The molecule has 2 aromatic rings. The number of ether oxygens (including phenoxy) is 1. The molecule has 1 atom stereocenters. The number of aromatic nitrogens is 1. The molecule has 2 rings (SSSR count). The van der Waals surface area contributed by atoms with Gasteiger partial charge in [-0.1, -0.05) is 17.7 Å². The normalized spacial score (nSPS) is 12.3. The summed E-state index contributed by atoms with van der Waals surface area (Å²) in [7, 11) is 0. The van der Waals surface area contributed by atoms with Crippen LogP contribution in [0.5, 0.6) is 0 Å². The number of primary amides is 1. The van der Waals surface area contributed by atoms with Gasteiger partial charge in [-0.25, -0.2) is 4.79 Å². The second kappa shape index (κ2) is 8.26. The number of nitrogen functional groups attached to an aromatic ring is 1. The number of carbonyl (C=O) groups excluding carboxylic acids is 2. The maximum absolute atomic E-state index is 12.9. The van der Waals surface area contributed by atoms with Gasteiger partial charge in [-0.15, -0.1) is 0 Å². The van der Waals surface area contributed by atoms with Gasteiger partial charge in [0.25, 0.3) is 0 Å². The third-order valence-corrected chi connectivity index (χ3v) is 3.85. The first kappa shape index (κ1) is 20.5. The molecular formula is C19H23ClN4O3. The van der Waals surface area contributed by atoms with Crippen LogP contribution in [0.2, 0.25) is 5.02 Å². The molecule has 0 spiro atoms. The minimum absolute atomic E-state index is 0.0986. The molecule has 0 bridgehead atoms. The summed E-state index contributed by atoms with van der Waals surface area (Å²) in [6, 6.07) is 8.85. The Balaban J connectivity index is 2.52. The lowest BCUT2D eigenvalue weighted by atomic mass is 10.1. The first-order valence-electron chi connectivity index (χ1n) is 8.35. The summed E-state index contributed by atoms with van der Waals surface area (Å²) in [5, 5.41) is 0.355. The number of anilines is 2. The molecule has 0 fully saturated rings. The molecule has 0 saturated heterocycles. The van der Waals surface area contributed by atoms with Gasteiger partial charge in [0.2, 0.25) is 5.91 Å². The Morgan fingerprint density at radius 3 is 2.52 bits per heavy atom. The van der Waals surface area contributed by atoms with E-state index in [0.29, 0.717) is 10.7 Å². The van der Waals surface area contributed by atoms with Crippen LogP contribution < -0.4 is 16.4 Å². The molecule has 1 heterocycles. The number of carbonyl (C=O) groups is 2. The van der Waals surface area contributed by atoms with Crippen molar-refractivity contribution in [3.05, 3.63) is 53.3 Å². The number of amides is 2. The number of rotatable bonds is 5. The molecule has 4 N–H and O–H groups in total. The third kappa shape index (κ3) is 5.59. The summed E-state index contributed by atoms with van der Waals surface area (Å²) < 4.78 is 5.48. The van der Waals surface area contributed by atoms with Crippen molar-refractivity contribution in [3.63, 3.8) is 0 Å². The first-order chi connectivity index (χ1) is 12.6. The molecule has 0 aliphatic rings. The van der Waals surface area contributed by atoms with Crippen molar-refractivity contribution in [3.8, 4) is 0 Å². The smallest absolute Gasteiger partial charge is 0.415 e. The van der Waals surface area contributed by atoms with Crippen LogP contribution in [-0.4, -0.2) is 28.6 Å². The van der Waals surface area contributed by atoms with Gasteiger partial charge in [-0.3, -0.25) is 14.7 Å². The Hall–Kier alpha value is -2.80. The van der Waals surface area contributed by atoms with Gasteiger partial charge in [0, 0.05) is 23.3 Å². The first-order valence-corrected chi connectivity index (χ1v) is 8.73. The Bertz CT molecular complexity index is 821. The maximum atomic E-state index is 12.9. The molecule has 1 aromatic carbocycles. The van der Waals surface area contributed by atoms with E-state index in [1.165, 1.54) is 6.07 Å². The second-order valence-corrected chi connectivity index (χ2v) is 7.43. The van der Waals surface area contributed by atoms with Gasteiger partial charge in [-0.05, 0) is 51.1 Å². The predicted molar refractivity (Wildman–Crippen MR) is 106 cm³/mol. The fraction of sp³-hybridized carbons (Fsp3) is 0.316. The Kier molecular flexibility index (Phi) is 6.28. The lowest BCUT2D eigenvalue weighted by Gasteiger charge is -2.32. The van der Waals surface area contributed by atoms with Crippen molar-refractivity contribution in [2.24, 2.45) is 5.73 Å². The summed E-state index contributed by atoms with van der Waals surface area (Å²) in [6.07, 6.45) is 0.941. The van der Waals surface area contributed by atoms with Gasteiger partial charge in [0.15, 0.2) is 0 Å². The van der Waals surface area contributed by atoms with E-state index in [-0.39, 0.29) is 17.8 Å². The van der Waals surface area contributed by atoms with E-state index in [1.54, 1.807) is 57.3 Å². The van der Waals surface area contributed by atoms with Crippen LogP contribution in [0.15, 0.2) is 42.6 Å². The monoisotopic (exact) mass is 390 g/mol. The number of hydrogen-bond acceptors (Lipinski definition) is 5. The highest BCUT2D eigenvalue weighted by molar-refractivity contribution is 6.31. The molecular weight excluding hydrogens is 368 g/mol. The molecule has 0 unspecified atom stereocenters. The van der Waals surface area contributed by atoms with Crippen molar-refractivity contribution in [2.75, 3.05) is 10.6 Å². The predicted octanol–water partition coefficient (Wildman–Crippen LogP) is 3.16. The molecule has 0 aliphatic heterocycles. The number of nitrogens with two attached hydrogens (primary N) is 2. The summed E-state index contributed by atoms with van der Waals surface area (Å²) in [6.45, 7) is 5.17. The van der Waals surface area contributed by atoms with Crippen molar-refractivity contribution >= 4 is 35.0 Å². The number of halogens is 1. The zero-order valence-corrected chi connectivity index (χ0v) is 16.2. The van der Waals surface area contributed by atoms with Gasteiger partial charge in [0.1, 0.15) is 11.6 Å². The van der Waals surface area contributed by atoms with E-state index in [1.807, 2.05) is 0 Å². The number of pyridine rings is 1. The molecule has 0 aliphatic carbocycles. The third-order valence-electron chi connectivity index (χ3n) is 3.61. The highest BCUT2D eigenvalue weighted by Crippen LogP contribution is 2.31. The van der Waals surface area contributed by atoms with E-state index in [0.717, 1.165) is 4.90 Å². The lowest BCUT2D eigenvalue weighted by molar-refractivity contribution is -0.119. The number of nitrogens with zero attached hydrogens (tertiary/aromatic N) is 2. The van der Waals surface area contributed by atoms with E-state index in [4.69, 9.17) is 27.8 Å². The molecule has 0 saturated carbocycles. The van der Waals surface area contributed by atoms with Gasteiger partial charge in [-0.2, -0.15) is 0 Å². The molecule has 2 amide bonds. The molecule has 27 heavy (non-hydrogen) atoms. The number of benzene rings is 1. The second-order valence-electron chi connectivity index (χ2n) is 7.00. The van der Waals surface area contributed by atoms with Crippen molar-refractivity contribution in [2.45, 2.75) is 38.8 Å². The van der Waals surface area contributed by atoms with Gasteiger partial charge in [0.05, 0.1) is 11.4 Å². The van der Waals surface area contributed by atoms with Crippen molar-refractivity contribution in [1.29, 1.82) is 0 Å². The summed E-state index contributed by atoms with van der Waals surface area (Å²) >= 11 is 6.08. The fourth-order valence-corrected chi connectivity index (χ4v) is 2.63. The zero-order chi connectivity index (χ0) is 20.2. The van der Waals surface area contributed by atoms with Gasteiger partial charge < -0.3 is 16.2 Å². The largest absolute Gasteiger partial charge is 0.443 e. The number of hydrogen-bond donors (Lipinski definition) is 2. The van der Waals surface area contributed by atoms with Crippen LogP contribution >= 0.6 is 11.6 Å². The minimum Gasteiger partial charge on any atom is -0.443 e. The average molecular weight is 391 g/mol. The highest BCUT2D eigenvalue weighted by atomic mass is 35.5. The van der Waals surface area contributed by atoms with Gasteiger partial charge >= 0.3 is 6.09 Å². The van der Waals surface area contributed by atoms with Crippen LogP contribution in [0.3, 0.4) is 0 Å². The highest BCUT2D eigenvalue weighted by Gasteiger charge is 2.34. The van der Waals surface area contributed by atoms with Crippen LogP contribution in [0, 0.1) is 0 Å². The van der Waals surface area contributed by atoms with Crippen LogP contribution in [0.25, 0.3) is 0 Å². The molecule has 7 nitrogen and oxygen atoms in total. The SMILES string of the molecule is CC(C)(C)OC(=O)N(c1cc(Cl)ccc1N)[C@@H](Cc1ccccn1)C(N)=O. The van der Waals surface area contributed by atoms with Crippen LogP contribution in [0.4, 0.5) is 16.2 Å². The van der Waals surface area contributed by atoms with E-state index >= 15 is 0 Å². The Morgan fingerprint density at radius 1 is 1.26 bits per heavy atom. The topological polar surface area (TPSA) is 112 Å². The molecule has 8 heteroatoms. The summed E-state index contributed by atoms with van der Waals surface area (Å²) in [4.78, 5) is 30.5. The summed E-state index contributed by atoms with van der Waals surface area (Å²) in [5.41, 5.74) is 12.0. The zero-order valence-electron chi connectivity index (χ0n) is 15.5. The van der Waals surface area contributed by atoms with Crippen molar-refractivity contribution < 1.29 is 14.3 Å². The van der Waals surface area contributed by atoms with E-state index in [9.17, 15) is 9.59 Å². The van der Waals surface area contributed by atoms with Crippen LogP contribution in [-0.2, 0) is 16.0 Å². The standard InChI is InChI=1S/C19H23ClN4O3/c1-19(2,3)27-18(26)24(15-10-12(20)7-8-14(15)21)16(17(22)25)11-13-6-4-5-9-23-13/h4-10,16H,11,21H2,1-3H3,(H2,22,25)/t16-/m0/s1. The summed E-state index contributed by atoms with van der Waals surface area (Å²) in [5.74, 6) is -0.717. The Labute approximate surface area is 163 Å². The maximum Gasteiger partial charge on any atom is 0.415 e. The Morgan fingerprint density at radius 2 is 1.96 bits per heavy atom. The average Bonchev–Trinajstić information content (AvgIpc) is 2.56. The lowest BCUT2D eigenvalue weighted by Crippen LogP contribution is -2.51. The molecule has 1 aromatic heterocycles. The molecule has 0 radical (unpaired) electrons. The van der Waals surface area contributed by atoms with E-state index < -0.39 is 23.6 Å².